The van der Waals surface area contributed by atoms with E-state index in [2.05, 4.69) is 50.4 Å². The van der Waals surface area contributed by atoms with Gasteiger partial charge in [0.1, 0.15) is 0 Å². The molecule has 1 amide bonds. The van der Waals surface area contributed by atoms with Crippen LogP contribution in [0.15, 0.2) is 60.7 Å². The third kappa shape index (κ3) is 6.46. The number of carbonyl (C=O) groups is 1. The summed E-state index contributed by atoms with van der Waals surface area (Å²) in [6.45, 7) is 10.3. The van der Waals surface area contributed by atoms with Crippen LogP contribution in [0.1, 0.15) is 34.6 Å². The van der Waals surface area contributed by atoms with Crippen LogP contribution in [0.2, 0.25) is 5.04 Å². The number of hydrogen-bond acceptors (Lipinski definition) is 4. The summed E-state index contributed by atoms with van der Waals surface area (Å²) < 4.78 is 12.4. The van der Waals surface area contributed by atoms with E-state index in [4.69, 9.17) is 20.8 Å². The lowest BCUT2D eigenvalue weighted by Crippen LogP contribution is -2.67. The topological polar surface area (TPSA) is 67.8 Å². The summed E-state index contributed by atoms with van der Waals surface area (Å²) in [5.74, 6) is -0.251. The third-order valence-corrected chi connectivity index (χ3v) is 11.8. The van der Waals surface area contributed by atoms with E-state index in [0.717, 1.165) is 10.4 Å². The number of methoxy groups -OCH3 is 1. The molecule has 0 aliphatic rings. The Morgan fingerprint density at radius 3 is 1.88 bits per heavy atom. The van der Waals surface area contributed by atoms with Gasteiger partial charge in [-0.15, -0.1) is 11.6 Å². The Labute approximate surface area is 204 Å². The van der Waals surface area contributed by atoms with Gasteiger partial charge in [-0.1, -0.05) is 95.3 Å². The van der Waals surface area contributed by atoms with Crippen molar-refractivity contribution in [1.82, 2.24) is 5.32 Å². The average molecular weight is 492 g/mol. The van der Waals surface area contributed by atoms with Crippen LogP contribution in [-0.4, -0.2) is 57.2 Å². The molecule has 0 saturated heterocycles. The lowest BCUT2D eigenvalue weighted by atomic mass is 10.0. The summed E-state index contributed by atoms with van der Waals surface area (Å²) in [5, 5.41) is 14.2. The van der Waals surface area contributed by atoms with E-state index >= 15 is 0 Å². The van der Waals surface area contributed by atoms with E-state index < -0.39 is 25.8 Å². The van der Waals surface area contributed by atoms with E-state index in [1.54, 1.807) is 0 Å². The summed E-state index contributed by atoms with van der Waals surface area (Å²) in [5.41, 5.74) is 0. The van der Waals surface area contributed by atoms with Crippen LogP contribution in [0.3, 0.4) is 0 Å². The molecule has 2 N–H and O–H groups in total. The minimum Gasteiger partial charge on any atom is -0.404 e. The van der Waals surface area contributed by atoms with E-state index in [9.17, 15) is 9.90 Å². The van der Waals surface area contributed by atoms with Crippen LogP contribution in [0, 0.1) is 5.92 Å². The summed E-state index contributed by atoms with van der Waals surface area (Å²) in [4.78, 5) is 13.0. The Balaban J connectivity index is 2.38. The molecule has 5 nitrogen and oxygen atoms in total. The number of aliphatic hydroxyl groups is 1. The van der Waals surface area contributed by atoms with Gasteiger partial charge < -0.3 is 19.6 Å². The molecule has 0 fully saturated rings. The maximum Gasteiger partial charge on any atom is 0.261 e. The molecular weight excluding hydrogens is 454 g/mol. The molecule has 33 heavy (non-hydrogen) atoms. The van der Waals surface area contributed by atoms with Crippen LogP contribution in [-0.2, 0) is 14.0 Å². The van der Waals surface area contributed by atoms with Gasteiger partial charge in [-0.3, -0.25) is 4.79 Å². The smallest absolute Gasteiger partial charge is 0.261 e. The first-order valence-electron chi connectivity index (χ1n) is 11.4. The van der Waals surface area contributed by atoms with Crippen molar-refractivity contribution in [1.29, 1.82) is 0 Å². The normalized spacial score (nSPS) is 15.2. The molecule has 0 radical (unpaired) electrons. The number of amides is 1. The molecule has 2 aromatic carbocycles. The molecule has 0 bridgehead atoms. The number of nitrogens with one attached hydrogen (secondary N) is 1. The first-order valence-corrected chi connectivity index (χ1v) is 13.8. The SMILES string of the molecule is CO[C@H](CO[Si](c1ccccc1)(c1ccccc1)C(C)(C)C)C(=O)N[C@@H](CO)[C@H](Cl)C(C)C. The van der Waals surface area contributed by atoms with Crippen molar-refractivity contribution in [3.8, 4) is 0 Å². The molecule has 0 aromatic heterocycles. The predicted molar refractivity (Wildman–Crippen MR) is 138 cm³/mol. The van der Waals surface area contributed by atoms with Gasteiger partial charge in [0.25, 0.3) is 14.2 Å². The van der Waals surface area contributed by atoms with Crippen LogP contribution >= 0.6 is 11.6 Å². The van der Waals surface area contributed by atoms with E-state index in [1.807, 2.05) is 50.2 Å². The zero-order valence-corrected chi connectivity index (χ0v) is 22.3. The highest BCUT2D eigenvalue weighted by molar-refractivity contribution is 6.99. The Bertz CT molecular complexity index is 818. The van der Waals surface area contributed by atoms with E-state index in [1.165, 1.54) is 7.11 Å². The molecule has 2 rings (SSSR count). The second kappa shape index (κ2) is 12.1. The summed E-state index contributed by atoms with van der Waals surface area (Å²) >= 11 is 6.40. The number of aliphatic hydroxyl groups excluding tert-OH is 1. The Hall–Kier alpha value is -1.70. The van der Waals surface area contributed by atoms with Crippen molar-refractivity contribution >= 4 is 36.2 Å². The minimum atomic E-state index is -2.80. The first kappa shape index (κ1) is 27.5. The van der Waals surface area contributed by atoms with Crippen molar-refractivity contribution in [3.05, 3.63) is 60.7 Å². The van der Waals surface area contributed by atoms with Crippen molar-refractivity contribution in [2.24, 2.45) is 5.92 Å². The molecular formula is C26H38ClNO4Si. The van der Waals surface area contributed by atoms with Crippen LogP contribution in [0.5, 0.6) is 0 Å². The number of alkyl halides is 1. The maximum atomic E-state index is 13.0. The monoisotopic (exact) mass is 491 g/mol. The molecule has 7 heteroatoms. The quantitative estimate of drug-likeness (QED) is 0.374. The zero-order valence-electron chi connectivity index (χ0n) is 20.5. The number of rotatable bonds is 11. The van der Waals surface area contributed by atoms with E-state index in [0.29, 0.717) is 0 Å². The number of carbonyl (C=O) groups excluding carboxylic acids is 1. The van der Waals surface area contributed by atoms with Gasteiger partial charge in [-0.25, -0.2) is 0 Å². The molecule has 0 saturated carbocycles. The third-order valence-electron chi connectivity index (χ3n) is 5.99. The summed E-state index contributed by atoms with van der Waals surface area (Å²) in [7, 11) is -1.30. The van der Waals surface area contributed by atoms with Crippen molar-refractivity contribution in [3.63, 3.8) is 0 Å². The van der Waals surface area contributed by atoms with Crippen LogP contribution < -0.4 is 15.7 Å². The van der Waals surface area contributed by atoms with Crippen LogP contribution in [0.25, 0.3) is 0 Å². The number of benzene rings is 2. The number of ether oxygens (including phenoxy) is 1. The average Bonchev–Trinajstić information content (AvgIpc) is 2.80. The minimum absolute atomic E-state index is 0.0857. The highest BCUT2D eigenvalue weighted by Gasteiger charge is 2.50. The standard InChI is InChI=1S/C26H38ClNO4Si/c1-19(2)24(27)22(17-29)28-25(30)23(31-6)18-32-33(26(3,4)5,20-13-9-7-10-14-20)21-15-11-8-12-16-21/h7-16,19,22-24,29H,17-18H2,1-6H3,(H,28,30)/t22-,23+,24+/m0/s1. The molecule has 0 spiro atoms. The van der Waals surface area contributed by atoms with Gasteiger partial charge in [-0.05, 0) is 21.3 Å². The molecule has 3 atom stereocenters. The van der Waals surface area contributed by atoms with Gasteiger partial charge in [0.05, 0.1) is 24.6 Å². The molecule has 0 unspecified atom stereocenters. The second-order valence-corrected chi connectivity index (χ2v) is 14.5. The molecule has 2 aromatic rings. The highest BCUT2D eigenvalue weighted by Crippen LogP contribution is 2.36. The lowest BCUT2D eigenvalue weighted by Gasteiger charge is -2.43. The molecule has 0 heterocycles. The number of hydrogen-bond donors (Lipinski definition) is 2. The van der Waals surface area contributed by atoms with Crippen molar-refractivity contribution in [2.45, 2.75) is 57.2 Å². The fraction of sp³-hybridized carbons (Fsp3) is 0.500. The van der Waals surface area contributed by atoms with E-state index in [-0.39, 0.29) is 30.1 Å². The Kier molecular flexibility index (Phi) is 10.1. The van der Waals surface area contributed by atoms with Gasteiger partial charge in [0.15, 0.2) is 6.10 Å². The highest BCUT2D eigenvalue weighted by atomic mass is 35.5. The van der Waals surface area contributed by atoms with Crippen LogP contribution in [0.4, 0.5) is 0 Å². The second-order valence-electron chi connectivity index (χ2n) is 9.68. The fourth-order valence-electron chi connectivity index (χ4n) is 4.18. The Morgan fingerprint density at radius 1 is 1.03 bits per heavy atom. The largest absolute Gasteiger partial charge is 0.404 e. The lowest BCUT2D eigenvalue weighted by molar-refractivity contribution is -0.134. The fourth-order valence-corrected chi connectivity index (χ4v) is 8.88. The molecule has 0 aliphatic carbocycles. The zero-order chi connectivity index (χ0) is 24.6. The predicted octanol–water partition coefficient (Wildman–Crippen LogP) is 3.32. The first-order chi connectivity index (χ1) is 15.6. The molecule has 0 aliphatic heterocycles. The summed E-state index contributed by atoms with van der Waals surface area (Å²) in [6.07, 6.45) is -0.836. The molecule has 182 valence electrons. The van der Waals surface area contributed by atoms with Gasteiger partial charge in [-0.2, -0.15) is 0 Å². The number of halogens is 1. The van der Waals surface area contributed by atoms with Gasteiger partial charge in [0.2, 0.25) is 0 Å². The van der Waals surface area contributed by atoms with Gasteiger partial charge in [0, 0.05) is 7.11 Å². The Morgan fingerprint density at radius 2 is 1.52 bits per heavy atom. The maximum absolute atomic E-state index is 13.0. The van der Waals surface area contributed by atoms with Crippen molar-refractivity contribution in [2.75, 3.05) is 20.3 Å². The van der Waals surface area contributed by atoms with Gasteiger partial charge >= 0.3 is 0 Å². The summed E-state index contributed by atoms with van der Waals surface area (Å²) in [6, 6.07) is 19.9. The van der Waals surface area contributed by atoms with Crippen molar-refractivity contribution < 1.29 is 19.1 Å².